The predicted octanol–water partition coefficient (Wildman–Crippen LogP) is 2.64. The van der Waals surface area contributed by atoms with Crippen LogP contribution < -0.4 is 5.32 Å². The Bertz CT molecular complexity index is 570. The largest absolute Gasteiger partial charge is 0.296 e. The molecule has 2 heterocycles. The van der Waals surface area contributed by atoms with Crippen molar-refractivity contribution in [1.29, 1.82) is 0 Å². The van der Waals surface area contributed by atoms with Crippen molar-refractivity contribution in [2.45, 2.75) is 39.5 Å². The molecule has 0 saturated carbocycles. The van der Waals surface area contributed by atoms with Gasteiger partial charge in [-0.2, -0.15) is 5.10 Å². The van der Waals surface area contributed by atoms with Crippen molar-refractivity contribution < 1.29 is 9.59 Å². The molecule has 2 rings (SSSR count). The van der Waals surface area contributed by atoms with Crippen LogP contribution in [-0.2, 0) is 16.6 Å². The van der Waals surface area contributed by atoms with Crippen LogP contribution in [0, 0.1) is 0 Å². The Balaban J connectivity index is 0.00000106. The highest BCUT2D eigenvalue weighted by molar-refractivity contribution is 6.01. The molecule has 0 radical (unpaired) electrons. The molecule has 1 unspecified atom stereocenters. The maximum Gasteiger partial charge on any atom is 0.235 e. The minimum Gasteiger partial charge on any atom is -0.296 e. The summed E-state index contributed by atoms with van der Waals surface area (Å²) in [5.74, 6) is -0.853. The van der Waals surface area contributed by atoms with Gasteiger partial charge in [0, 0.05) is 19.0 Å². The third-order valence-corrected chi connectivity index (χ3v) is 3.25. The monoisotopic (exact) mass is 289 g/mol. The third-order valence-electron chi connectivity index (χ3n) is 3.25. The summed E-state index contributed by atoms with van der Waals surface area (Å²) in [4.78, 5) is 23.1. The number of nitrogens with one attached hydrogen (secondary N) is 1. The second kappa shape index (κ2) is 7.57. The lowest BCUT2D eigenvalue weighted by Crippen LogP contribution is -2.39. The molecular weight excluding hydrogens is 266 g/mol. The van der Waals surface area contributed by atoms with Crippen molar-refractivity contribution in [3.8, 4) is 0 Å². The summed E-state index contributed by atoms with van der Waals surface area (Å²) >= 11 is 0. The molecule has 0 spiro atoms. The summed E-state index contributed by atoms with van der Waals surface area (Å²) in [6, 6.07) is 0. The van der Waals surface area contributed by atoms with Gasteiger partial charge in [-0.05, 0) is 19.4 Å². The van der Waals surface area contributed by atoms with Crippen LogP contribution in [0.4, 0.5) is 0 Å². The van der Waals surface area contributed by atoms with Crippen molar-refractivity contribution in [2.75, 3.05) is 0 Å². The fourth-order valence-corrected chi connectivity index (χ4v) is 2.37. The molecule has 0 aliphatic carbocycles. The molecule has 0 aromatic carbocycles. The molecule has 1 aliphatic heterocycles. The van der Waals surface area contributed by atoms with E-state index in [1.165, 1.54) is 0 Å². The van der Waals surface area contributed by atoms with E-state index in [9.17, 15) is 9.59 Å². The molecule has 114 valence electrons. The van der Waals surface area contributed by atoms with Gasteiger partial charge in [0.25, 0.3) is 0 Å². The van der Waals surface area contributed by atoms with Crippen molar-refractivity contribution in [1.82, 2.24) is 15.1 Å². The number of amides is 2. The number of carbonyl (C=O) groups excluding carboxylic acids is 2. The average Bonchev–Trinajstić information content (AvgIpc) is 2.77. The minimum atomic E-state index is -0.371. The zero-order valence-electron chi connectivity index (χ0n) is 13.1. The quantitative estimate of drug-likeness (QED) is 0.870. The van der Waals surface area contributed by atoms with E-state index in [4.69, 9.17) is 0 Å². The van der Waals surface area contributed by atoms with Gasteiger partial charge in [0.2, 0.25) is 11.8 Å². The van der Waals surface area contributed by atoms with Gasteiger partial charge < -0.3 is 0 Å². The highest BCUT2D eigenvalue weighted by Crippen LogP contribution is 2.29. The van der Waals surface area contributed by atoms with Crippen LogP contribution in [0.2, 0.25) is 0 Å². The minimum absolute atomic E-state index is 0.214. The molecule has 1 fully saturated rings. The molecule has 1 atom stereocenters. The zero-order chi connectivity index (χ0) is 16.0. The Kier molecular flexibility index (Phi) is 6.09. The third kappa shape index (κ3) is 3.48. The van der Waals surface area contributed by atoms with E-state index in [1.54, 1.807) is 10.8 Å². The number of aryl methyl sites for hydroxylation is 1. The Morgan fingerprint density at radius 1 is 1.38 bits per heavy atom. The molecular formula is C16H23N3O2. The lowest BCUT2D eigenvalue weighted by atomic mass is 9.91. The summed E-state index contributed by atoms with van der Waals surface area (Å²) in [5.41, 5.74) is 2.48. The number of allylic oxidation sites excluding steroid dienone is 1. The number of imide groups is 1. The van der Waals surface area contributed by atoms with Gasteiger partial charge in [-0.1, -0.05) is 32.6 Å². The first-order valence-electron chi connectivity index (χ1n) is 7.24. The second-order valence-corrected chi connectivity index (χ2v) is 4.52. The summed E-state index contributed by atoms with van der Waals surface area (Å²) in [6.45, 7) is 9.69. The van der Waals surface area contributed by atoms with Crippen molar-refractivity contribution >= 4 is 24.0 Å². The van der Waals surface area contributed by atoms with E-state index < -0.39 is 0 Å². The van der Waals surface area contributed by atoms with Crippen molar-refractivity contribution in [3.05, 3.63) is 29.6 Å². The van der Waals surface area contributed by atoms with E-state index in [0.29, 0.717) is 18.5 Å². The van der Waals surface area contributed by atoms with Gasteiger partial charge in [0.1, 0.15) is 0 Å². The van der Waals surface area contributed by atoms with E-state index >= 15 is 0 Å². The number of carbonyl (C=O) groups is 2. The zero-order valence-corrected chi connectivity index (χ0v) is 13.1. The summed E-state index contributed by atoms with van der Waals surface area (Å²) in [5, 5.41) is 6.79. The first kappa shape index (κ1) is 16.9. The van der Waals surface area contributed by atoms with Gasteiger partial charge in [0.05, 0.1) is 17.3 Å². The van der Waals surface area contributed by atoms with E-state index in [1.807, 2.05) is 40.0 Å². The summed E-state index contributed by atoms with van der Waals surface area (Å²) in [6.07, 6.45) is 6.40. The highest BCUT2D eigenvalue weighted by Gasteiger charge is 2.32. The van der Waals surface area contributed by atoms with Crippen LogP contribution >= 0.6 is 0 Å². The number of aromatic nitrogens is 2. The normalized spacial score (nSPS) is 18.2. The van der Waals surface area contributed by atoms with E-state index in [0.717, 1.165) is 11.3 Å². The molecule has 1 aromatic rings. The van der Waals surface area contributed by atoms with Crippen LogP contribution in [0.15, 0.2) is 12.7 Å². The first-order valence-corrected chi connectivity index (χ1v) is 7.24. The standard InChI is InChI=1S/C14H17N3O2.C2H6/c1-4-6-9-11(5-2)17(3)16-13(9)10-7-8-12(18)15-14(10)19;1-2/h4-6,10H,2,7-8H2,1,3H3,(H,15,18,19);1-2H3/b6-4-;. The first-order chi connectivity index (χ1) is 10.1. The SMILES string of the molecule is C=Cc1c(/C=C\C)c(C2CCC(=O)NC2=O)nn1C.CC. The van der Waals surface area contributed by atoms with E-state index in [-0.39, 0.29) is 17.7 Å². The maximum atomic E-state index is 11.9. The number of nitrogens with zero attached hydrogens (tertiary/aromatic N) is 2. The predicted molar refractivity (Wildman–Crippen MR) is 84.5 cm³/mol. The molecule has 1 saturated heterocycles. The molecule has 5 heteroatoms. The highest BCUT2D eigenvalue weighted by atomic mass is 16.2. The maximum absolute atomic E-state index is 11.9. The van der Waals surface area contributed by atoms with Crippen LogP contribution in [0.1, 0.15) is 56.5 Å². The molecule has 1 aromatic heterocycles. The van der Waals surface area contributed by atoms with Gasteiger partial charge in [-0.15, -0.1) is 0 Å². The van der Waals surface area contributed by atoms with Crippen LogP contribution in [0.25, 0.3) is 12.2 Å². The summed E-state index contributed by atoms with van der Waals surface area (Å²) < 4.78 is 1.71. The van der Waals surface area contributed by atoms with Crippen LogP contribution in [0.5, 0.6) is 0 Å². The van der Waals surface area contributed by atoms with Crippen molar-refractivity contribution in [3.63, 3.8) is 0 Å². The van der Waals surface area contributed by atoms with E-state index in [2.05, 4.69) is 17.0 Å². The van der Waals surface area contributed by atoms with Gasteiger partial charge in [-0.3, -0.25) is 19.6 Å². The number of rotatable bonds is 3. The van der Waals surface area contributed by atoms with Gasteiger partial charge >= 0.3 is 0 Å². The van der Waals surface area contributed by atoms with Crippen LogP contribution in [0.3, 0.4) is 0 Å². The smallest absolute Gasteiger partial charge is 0.235 e. The Hall–Kier alpha value is -2.17. The Morgan fingerprint density at radius 2 is 2.05 bits per heavy atom. The molecule has 1 aliphatic rings. The number of hydrogen-bond donors (Lipinski definition) is 1. The molecule has 2 amide bonds. The topological polar surface area (TPSA) is 64.0 Å². The van der Waals surface area contributed by atoms with Crippen LogP contribution in [-0.4, -0.2) is 21.6 Å². The fraction of sp³-hybridized carbons (Fsp3) is 0.438. The lowest BCUT2D eigenvalue weighted by molar-refractivity contribution is -0.134. The fourth-order valence-electron chi connectivity index (χ4n) is 2.37. The molecule has 5 nitrogen and oxygen atoms in total. The molecule has 1 N–H and O–H groups in total. The average molecular weight is 289 g/mol. The van der Waals surface area contributed by atoms with Gasteiger partial charge in [0.15, 0.2) is 0 Å². The second-order valence-electron chi connectivity index (χ2n) is 4.52. The number of hydrogen-bond acceptors (Lipinski definition) is 3. The summed E-state index contributed by atoms with van der Waals surface area (Å²) in [7, 11) is 1.82. The van der Waals surface area contributed by atoms with Crippen molar-refractivity contribution in [2.24, 2.45) is 7.05 Å². The lowest BCUT2D eigenvalue weighted by Gasteiger charge is -2.19. The van der Waals surface area contributed by atoms with Gasteiger partial charge in [-0.25, -0.2) is 0 Å². The Labute approximate surface area is 125 Å². The molecule has 0 bridgehead atoms. The number of piperidine rings is 1. The molecule has 21 heavy (non-hydrogen) atoms. The Morgan fingerprint density at radius 3 is 2.57 bits per heavy atom.